The number of halogens is 2. The number of aryl methyl sites for hydroxylation is 1. The van der Waals surface area contributed by atoms with Gasteiger partial charge in [0.15, 0.2) is 6.29 Å². The average molecular weight is 494 g/mol. The Labute approximate surface area is 203 Å². The molecule has 2 aliphatic heterocycles. The maximum absolute atomic E-state index is 14.1. The van der Waals surface area contributed by atoms with E-state index in [0.29, 0.717) is 49.1 Å². The number of anilines is 1. The van der Waals surface area contributed by atoms with Gasteiger partial charge in [-0.25, -0.2) is 18.4 Å². The highest BCUT2D eigenvalue weighted by molar-refractivity contribution is 5.70. The van der Waals surface area contributed by atoms with Crippen LogP contribution in [0.15, 0.2) is 12.1 Å². The molecule has 2 atom stereocenters. The molecule has 4 heterocycles. The first-order valence-corrected chi connectivity index (χ1v) is 12.3. The van der Waals surface area contributed by atoms with Crippen molar-refractivity contribution in [1.82, 2.24) is 20.0 Å². The van der Waals surface area contributed by atoms with Gasteiger partial charge in [-0.3, -0.25) is 4.79 Å². The predicted octanol–water partition coefficient (Wildman–Crippen LogP) is 4.03. The van der Waals surface area contributed by atoms with Gasteiger partial charge in [-0.2, -0.15) is 0 Å². The fourth-order valence-electron chi connectivity index (χ4n) is 4.69. The Morgan fingerprint density at radius 3 is 2.86 bits per heavy atom. The van der Waals surface area contributed by atoms with Crippen LogP contribution in [0.4, 0.5) is 14.5 Å². The molecule has 0 aromatic carbocycles. The molecule has 0 spiro atoms. The molecule has 0 aliphatic carbocycles. The van der Waals surface area contributed by atoms with Gasteiger partial charge in [0.05, 0.1) is 36.7 Å². The number of esters is 1. The van der Waals surface area contributed by atoms with Crippen molar-refractivity contribution in [3.63, 3.8) is 0 Å². The minimum Gasteiger partial charge on any atom is -0.466 e. The summed E-state index contributed by atoms with van der Waals surface area (Å²) in [6.45, 7) is 4.10. The number of carbonyl (C=O) groups is 1. The van der Waals surface area contributed by atoms with Crippen molar-refractivity contribution in [3.05, 3.63) is 23.5 Å². The van der Waals surface area contributed by atoms with E-state index in [4.69, 9.17) is 14.2 Å². The van der Waals surface area contributed by atoms with Crippen LogP contribution >= 0.6 is 0 Å². The highest BCUT2D eigenvalue weighted by atomic mass is 19.3. The summed E-state index contributed by atoms with van der Waals surface area (Å²) in [4.78, 5) is 18.1. The molecule has 2 aliphatic rings. The van der Waals surface area contributed by atoms with Crippen LogP contribution in [0.1, 0.15) is 63.3 Å². The summed E-state index contributed by atoms with van der Waals surface area (Å²) >= 11 is 0. The number of hydrogen-bond acceptors (Lipinski definition) is 8. The van der Waals surface area contributed by atoms with Crippen molar-refractivity contribution in [1.29, 1.82) is 0 Å². The third kappa shape index (κ3) is 6.32. The molecule has 4 rings (SSSR count). The topological polar surface area (TPSA) is 91.6 Å². The number of hydrogen-bond donors (Lipinski definition) is 0. The summed E-state index contributed by atoms with van der Waals surface area (Å²) in [6, 6.07) is 3.36. The summed E-state index contributed by atoms with van der Waals surface area (Å²) in [6.07, 6.45) is 1.78. The maximum atomic E-state index is 14.1. The lowest BCUT2D eigenvalue weighted by atomic mass is 9.94. The van der Waals surface area contributed by atoms with Crippen LogP contribution in [0.5, 0.6) is 0 Å². The van der Waals surface area contributed by atoms with E-state index in [-0.39, 0.29) is 36.9 Å². The van der Waals surface area contributed by atoms with Crippen molar-refractivity contribution in [3.8, 4) is 11.4 Å². The fourth-order valence-corrected chi connectivity index (χ4v) is 4.69. The van der Waals surface area contributed by atoms with Crippen LogP contribution in [0.2, 0.25) is 0 Å². The van der Waals surface area contributed by atoms with E-state index in [2.05, 4.69) is 15.3 Å². The number of carbonyl (C=O) groups excluding carboxylic acids is 1. The van der Waals surface area contributed by atoms with E-state index in [1.54, 1.807) is 30.8 Å². The first kappa shape index (κ1) is 25.4. The molecule has 0 bridgehead atoms. The first-order valence-electron chi connectivity index (χ1n) is 12.3. The van der Waals surface area contributed by atoms with Crippen LogP contribution in [0, 0.1) is 5.92 Å². The number of piperidine rings is 1. The molecule has 2 fully saturated rings. The zero-order valence-corrected chi connectivity index (χ0v) is 20.3. The average Bonchev–Trinajstić information content (AvgIpc) is 3.23. The summed E-state index contributed by atoms with van der Waals surface area (Å²) in [7, 11) is 1.73. The van der Waals surface area contributed by atoms with Crippen LogP contribution in [-0.2, 0) is 32.7 Å². The van der Waals surface area contributed by atoms with E-state index in [1.165, 1.54) is 0 Å². The van der Waals surface area contributed by atoms with E-state index >= 15 is 0 Å². The third-order valence-electron chi connectivity index (χ3n) is 6.46. The van der Waals surface area contributed by atoms with Crippen molar-refractivity contribution in [2.24, 2.45) is 13.0 Å². The Morgan fingerprint density at radius 1 is 1.26 bits per heavy atom. The Morgan fingerprint density at radius 2 is 2.11 bits per heavy atom. The second kappa shape index (κ2) is 11.9. The highest BCUT2D eigenvalue weighted by Gasteiger charge is 2.28. The van der Waals surface area contributed by atoms with Crippen LogP contribution in [-0.4, -0.2) is 58.5 Å². The molecule has 35 heavy (non-hydrogen) atoms. The van der Waals surface area contributed by atoms with Crippen molar-refractivity contribution < 1.29 is 27.8 Å². The van der Waals surface area contributed by atoms with Crippen LogP contribution in [0.3, 0.4) is 0 Å². The molecule has 0 radical (unpaired) electrons. The zero-order chi connectivity index (χ0) is 24.8. The zero-order valence-electron chi connectivity index (χ0n) is 20.3. The van der Waals surface area contributed by atoms with Gasteiger partial charge in [-0.05, 0) is 57.1 Å². The van der Waals surface area contributed by atoms with Gasteiger partial charge in [0.2, 0.25) is 0 Å². The lowest BCUT2D eigenvalue weighted by Gasteiger charge is -2.35. The molecule has 2 aromatic heterocycles. The molecular formula is C24H33F2N5O4. The lowest BCUT2D eigenvalue weighted by Crippen LogP contribution is -2.37. The predicted molar refractivity (Wildman–Crippen MR) is 124 cm³/mol. The number of alkyl halides is 2. The van der Waals surface area contributed by atoms with Crippen LogP contribution < -0.4 is 4.90 Å². The number of ether oxygens (including phenoxy) is 3. The van der Waals surface area contributed by atoms with Crippen molar-refractivity contribution in [2.75, 3.05) is 31.2 Å². The molecule has 2 aromatic rings. The number of nitrogens with zero attached hydrogens (tertiary/aromatic N) is 5. The summed E-state index contributed by atoms with van der Waals surface area (Å²) in [5.41, 5.74) is 1.46. The number of rotatable bonds is 9. The molecule has 0 N–H and O–H groups in total. The quantitative estimate of drug-likeness (QED) is 0.484. The fraction of sp³-hybridized carbons (Fsp3) is 0.667. The molecule has 192 valence electrons. The van der Waals surface area contributed by atoms with Gasteiger partial charge in [-0.15, -0.1) is 5.10 Å². The van der Waals surface area contributed by atoms with E-state index in [0.717, 1.165) is 32.1 Å². The molecule has 0 amide bonds. The molecule has 11 heteroatoms. The van der Waals surface area contributed by atoms with Gasteiger partial charge in [0.25, 0.3) is 6.43 Å². The van der Waals surface area contributed by atoms with Gasteiger partial charge < -0.3 is 19.1 Å². The van der Waals surface area contributed by atoms with Gasteiger partial charge in [0.1, 0.15) is 11.4 Å². The normalized spacial score (nSPS) is 20.9. The first-order chi connectivity index (χ1) is 17.0. The summed E-state index contributed by atoms with van der Waals surface area (Å²) in [5.74, 6) is -0.198. The molecule has 1 unspecified atom stereocenters. The SMILES string of the molecule is CCOC(=O)C[C@H]1CCCN(c2ccc(-c3nnn(C)c3COC3CCCCO3)nc2C(F)F)C1. The van der Waals surface area contributed by atoms with E-state index in [9.17, 15) is 13.6 Å². The number of pyridine rings is 1. The Balaban J connectivity index is 1.52. The smallest absolute Gasteiger partial charge is 0.306 e. The summed E-state index contributed by atoms with van der Waals surface area (Å²) < 4.78 is 46.4. The minimum absolute atomic E-state index is 0.0544. The van der Waals surface area contributed by atoms with Crippen molar-refractivity contribution >= 4 is 11.7 Å². The van der Waals surface area contributed by atoms with Crippen molar-refractivity contribution in [2.45, 2.75) is 64.8 Å². The molecular weight excluding hydrogens is 460 g/mol. The standard InChI is InChI=1S/C24H33F2N5O4/c1-3-33-20(32)13-16-7-6-11-31(14-16)18-10-9-17(27-23(18)24(25)26)22-19(30(2)29-28-22)15-35-21-8-4-5-12-34-21/h9-10,16,21,24H,3-8,11-15H2,1-2H3/t16-,21?/m1/s1. The molecule has 2 saturated heterocycles. The highest BCUT2D eigenvalue weighted by Crippen LogP contribution is 2.34. The maximum Gasteiger partial charge on any atom is 0.306 e. The second-order valence-corrected chi connectivity index (χ2v) is 8.98. The number of aromatic nitrogens is 4. The second-order valence-electron chi connectivity index (χ2n) is 8.98. The van der Waals surface area contributed by atoms with Gasteiger partial charge in [0, 0.05) is 26.7 Å². The lowest BCUT2D eigenvalue weighted by molar-refractivity contribution is -0.169. The monoisotopic (exact) mass is 493 g/mol. The van der Waals surface area contributed by atoms with Crippen LogP contribution in [0.25, 0.3) is 11.4 Å². The molecule has 9 nitrogen and oxygen atoms in total. The summed E-state index contributed by atoms with van der Waals surface area (Å²) in [5, 5.41) is 8.23. The van der Waals surface area contributed by atoms with E-state index in [1.807, 2.05) is 4.90 Å². The molecule has 0 saturated carbocycles. The Kier molecular flexibility index (Phi) is 8.61. The van der Waals surface area contributed by atoms with Gasteiger partial charge >= 0.3 is 5.97 Å². The Bertz CT molecular complexity index is 996. The van der Waals surface area contributed by atoms with Gasteiger partial charge in [-0.1, -0.05) is 5.21 Å². The minimum atomic E-state index is -2.76. The third-order valence-corrected chi connectivity index (χ3v) is 6.46. The van der Waals surface area contributed by atoms with E-state index < -0.39 is 6.43 Å². The largest absolute Gasteiger partial charge is 0.466 e. The Hall–Kier alpha value is -2.66.